The van der Waals surface area contributed by atoms with Crippen molar-refractivity contribution >= 4 is 17.4 Å². The number of nitrogens with zero attached hydrogens (tertiary/aromatic N) is 1. The second-order valence-electron chi connectivity index (χ2n) is 6.07. The van der Waals surface area contributed by atoms with E-state index in [-0.39, 0.29) is 23.5 Å². The zero-order valence-electron chi connectivity index (χ0n) is 12.8. The van der Waals surface area contributed by atoms with Crippen LogP contribution in [0.3, 0.4) is 0 Å². The third-order valence-electron chi connectivity index (χ3n) is 4.57. The maximum Gasteiger partial charge on any atom is 0.424 e. The summed E-state index contributed by atoms with van der Waals surface area (Å²) in [5.74, 6) is 0.292. The van der Waals surface area contributed by atoms with Gasteiger partial charge < -0.3 is 4.42 Å². The van der Waals surface area contributed by atoms with E-state index < -0.39 is 5.76 Å². The van der Waals surface area contributed by atoms with Gasteiger partial charge >= 0.3 is 5.76 Å². The van der Waals surface area contributed by atoms with Crippen molar-refractivity contribution in [2.45, 2.75) is 39.0 Å². The molecule has 0 unspecified atom stereocenters. The molecule has 0 bridgehead atoms. The summed E-state index contributed by atoms with van der Waals surface area (Å²) in [5, 5.41) is 0.618. The van der Waals surface area contributed by atoms with E-state index in [4.69, 9.17) is 16.0 Å². The van der Waals surface area contributed by atoms with Gasteiger partial charge in [-0.1, -0.05) is 25.4 Å². The quantitative estimate of drug-likeness (QED) is 0.843. The summed E-state index contributed by atoms with van der Waals surface area (Å²) in [4.78, 5) is 24.2. The molecule has 0 saturated carbocycles. The zero-order valence-corrected chi connectivity index (χ0v) is 13.6. The fourth-order valence-corrected chi connectivity index (χ4v) is 3.55. The van der Waals surface area contributed by atoms with Crippen LogP contribution in [0.25, 0.3) is 5.69 Å². The van der Waals surface area contributed by atoms with Crippen LogP contribution in [0.1, 0.15) is 50.5 Å². The lowest BCUT2D eigenvalue weighted by molar-refractivity contribution is -0.122. The number of oxazole rings is 1. The van der Waals surface area contributed by atoms with Gasteiger partial charge in [0.25, 0.3) is 0 Å². The molecule has 22 heavy (non-hydrogen) atoms. The summed E-state index contributed by atoms with van der Waals surface area (Å²) in [5.41, 5.74) is 1.61. The molecular weight excluding hydrogens is 302 g/mol. The number of ketones is 1. The predicted octanol–water partition coefficient (Wildman–Crippen LogP) is 3.90. The fourth-order valence-electron chi connectivity index (χ4n) is 3.42. The molecule has 1 aromatic carbocycles. The number of aromatic nitrogens is 1. The minimum Gasteiger partial charge on any atom is -0.412 e. The number of rotatable bonds is 2. The van der Waals surface area contributed by atoms with Gasteiger partial charge in [-0.2, -0.15) is 0 Å². The molecule has 4 nitrogen and oxygen atoms in total. The van der Waals surface area contributed by atoms with Crippen LogP contribution in [0.5, 0.6) is 0 Å². The van der Waals surface area contributed by atoms with Crippen molar-refractivity contribution in [1.29, 1.82) is 0 Å². The van der Waals surface area contributed by atoms with Crippen LogP contribution in [-0.4, -0.2) is 10.4 Å². The first-order valence-corrected chi connectivity index (χ1v) is 7.80. The van der Waals surface area contributed by atoms with Crippen LogP contribution in [0.15, 0.2) is 33.5 Å². The molecule has 1 aromatic heterocycles. The average Bonchev–Trinajstić information content (AvgIpc) is 2.82. The number of halogens is 1. The highest BCUT2D eigenvalue weighted by molar-refractivity contribution is 6.30. The Balaban J connectivity index is 2.17. The summed E-state index contributed by atoms with van der Waals surface area (Å²) < 4.78 is 7.11. The summed E-state index contributed by atoms with van der Waals surface area (Å²) in [6.07, 6.45) is 0.732. The standard InChI is InChI=1S/C17H18ClNO3/c1-9-8-14(11(3)20)10(2)16-15(9)19(17(21)22-16)13-6-4-12(18)5-7-13/h4-7,9-10,14H,8H2,1-3H3/t9-,10-,14+/m0/s1. The van der Waals surface area contributed by atoms with Crippen molar-refractivity contribution in [2.75, 3.05) is 0 Å². The molecule has 0 amide bonds. The minimum absolute atomic E-state index is 0.0787. The van der Waals surface area contributed by atoms with Crippen molar-refractivity contribution in [3.63, 3.8) is 0 Å². The largest absolute Gasteiger partial charge is 0.424 e. The van der Waals surface area contributed by atoms with E-state index in [1.807, 2.05) is 13.8 Å². The number of Topliss-reactive ketones (excluding diaryl/α,β-unsaturated/α-hetero) is 1. The van der Waals surface area contributed by atoms with Crippen LogP contribution in [-0.2, 0) is 4.79 Å². The molecule has 116 valence electrons. The molecular formula is C17H18ClNO3. The molecule has 0 radical (unpaired) electrons. The van der Waals surface area contributed by atoms with Crippen LogP contribution in [0.2, 0.25) is 5.02 Å². The molecule has 5 heteroatoms. The Labute approximate surface area is 133 Å². The molecule has 1 aliphatic rings. The lowest BCUT2D eigenvalue weighted by Gasteiger charge is -2.30. The van der Waals surface area contributed by atoms with Gasteiger partial charge in [-0.25, -0.2) is 9.36 Å². The van der Waals surface area contributed by atoms with E-state index >= 15 is 0 Å². The number of carbonyl (C=O) groups is 1. The van der Waals surface area contributed by atoms with Crippen molar-refractivity contribution in [2.24, 2.45) is 5.92 Å². The van der Waals surface area contributed by atoms with Crippen LogP contribution < -0.4 is 5.76 Å². The minimum atomic E-state index is -0.407. The van der Waals surface area contributed by atoms with Gasteiger partial charge in [0.2, 0.25) is 0 Å². The maximum atomic E-state index is 12.3. The highest BCUT2D eigenvalue weighted by Gasteiger charge is 2.38. The Morgan fingerprint density at radius 2 is 1.91 bits per heavy atom. The SMILES string of the molecule is CC(=O)[C@@H]1C[C@H](C)c2c(oc(=O)n2-c2ccc(Cl)cc2)[C@H]1C. The molecule has 1 aliphatic carbocycles. The Morgan fingerprint density at radius 1 is 1.27 bits per heavy atom. The third-order valence-corrected chi connectivity index (χ3v) is 4.82. The van der Waals surface area contributed by atoms with E-state index in [9.17, 15) is 9.59 Å². The first-order valence-electron chi connectivity index (χ1n) is 7.42. The molecule has 2 aromatic rings. The Bertz CT molecular complexity index is 772. The first-order chi connectivity index (χ1) is 10.4. The number of hydrogen-bond donors (Lipinski definition) is 0. The first kappa shape index (κ1) is 15.1. The molecule has 0 fully saturated rings. The predicted molar refractivity (Wildman–Crippen MR) is 84.9 cm³/mol. The van der Waals surface area contributed by atoms with Crippen LogP contribution in [0, 0.1) is 5.92 Å². The Kier molecular flexibility index (Phi) is 3.73. The highest BCUT2D eigenvalue weighted by Crippen LogP contribution is 2.43. The van der Waals surface area contributed by atoms with Gasteiger partial charge in [-0.15, -0.1) is 0 Å². The smallest absolute Gasteiger partial charge is 0.412 e. The lowest BCUT2D eigenvalue weighted by atomic mass is 9.75. The fraction of sp³-hybridized carbons (Fsp3) is 0.412. The Hall–Kier alpha value is -1.81. The highest BCUT2D eigenvalue weighted by atomic mass is 35.5. The van der Waals surface area contributed by atoms with E-state index in [1.54, 1.807) is 35.8 Å². The van der Waals surface area contributed by atoms with Gasteiger partial charge in [-0.3, -0.25) is 4.79 Å². The molecule has 3 rings (SSSR count). The van der Waals surface area contributed by atoms with Crippen molar-refractivity contribution < 1.29 is 9.21 Å². The number of hydrogen-bond acceptors (Lipinski definition) is 3. The summed E-state index contributed by atoms with van der Waals surface area (Å²) in [6.45, 7) is 5.58. The van der Waals surface area contributed by atoms with Gasteiger partial charge in [0.15, 0.2) is 0 Å². The molecule has 0 N–H and O–H groups in total. The molecule has 1 heterocycles. The summed E-state index contributed by atoms with van der Waals surface area (Å²) in [6, 6.07) is 7.10. The summed E-state index contributed by atoms with van der Waals surface area (Å²) >= 11 is 5.91. The van der Waals surface area contributed by atoms with E-state index in [0.29, 0.717) is 10.8 Å². The van der Waals surface area contributed by atoms with E-state index in [1.165, 1.54) is 0 Å². The van der Waals surface area contributed by atoms with E-state index in [0.717, 1.165) is 17.8 Å². The third kappa shape index (κ3) is 2.31. The van der Waals surface area contributed by atoms with Gasteiger partial charge in [-0.05, 0) is 37.6 Å². The molecule has 0 aliphatic heterocycles. The van der Waals surface area contributed by atoms with Crippen molar-refractivity contribution in [1.82, 2.24) is 4.57 Å². The topological polar surface area (TPSA) is 52.2 Å². The second-order valence-corrected chi connectivity index (χ2v) is 6.51. The second kappa shape index (κ2) is 5.43. The summed E-state index contributed by atoms with van der Waals surface area (Å²) in [7, 11) is 0. The van der Waals surface area contributed by atoms with Gasteiger partial charge in [0.05, 0.1) is 11.4 Å². The Morgan fingerprint density at radius 3 is 2.50 bits per heavy atom. The normalized spacial score (nSPS) is 24.1. The molecule has 0 saturated heterocycles. The van der Waals surface area contributed by atoms with Gasteiger partial charge in [0, 0.05) is 22.8 Å². The van der Waals surface area contributed by atoms with E-state index in [2.05, 4.69) is 0 Å². The zero-order chi connectivity index (χ0) is 16.0. The number of benzene rings is 1. The van der Waals surface area contributed by atoms with Crippen LogP contribution in [0.4, 0.5) is 0 Å². The molecule has 3 atom stereocenters. The number of fused-ring (bicyclic) bond motifs is 1. The average molecular weight is 320 g/mol. The monoisotopic (exact) mass is 319 g/mol. The van der Waals surface area contributed by atoms with Crippen molar-refractivity contribution in [3.8, 4) is 5.69 Å². The van der Waals surface area contributed by atoms with Crippen molar-refractivity contribution in [3.05, 3.63) is 51.3 Å². The lowest BCUT2D eigenvalue weighted by Crippen LogP contribution is -2.27. The van der Waals surface area contributed by atoms with Crippen LogP contribution >= 0.6 is 11.6 Å². The number of carbonyl (C=O) groups excluding carboxylic acids is 1. The van der Waals surface area contributed by atoms with Gasteiger partial charge in [0.1, 0.15) is 11.5 Å². The maximum absolute atomic E-state index is 12.3. The molecule has 0 spiro atoms.